The number of likely N-dealkylation sites (tertiary alicyclic amines) is 1. The van der Waals surface area contributed by atoms with E-state index in [1.807, 2.05) is 44.2 Å². The Morgan fingerprint density at radius 1 is 1.07 bits per heavy atom. The van der Waals surface area contributed by atoms with Gasteiger partial charge in [0.2, 0.25) is 11.8 Å². The molecule has 9 heteroatoms. The van der Waals surface area contributed by atoms with Gasteiger partial charge in [0.05, 0.1) is 41.3 Å². The fraction of sp³-hybridized carbons (Fsp3) is 0.424. The van der Waals surface area contributed by atoms with Gasteiger partial charge in [-0.3, -0.25) is 14.4 Å². The molecule has 42 heavy (non-hydrogen) atoms. The lowest BCUT2D eigenvalue weighted by Gasteiger charge is -2.40. The first kappa shape index (κ1) is 30.0. The van der Waals surface area contributed by atoms with E-state index in [1.165, 1.54) is 9.80 Å². The van der Waals surface area contributed by atoms with Crippen LogP contribution in [0.4, 0.5) is 11.4 Å². The number of fused-ring (bicyclic) bond motifs is 1. The zero-order valence-electron chi connectivity index (χ0n) is 24.1. The molecule has 3 aliphatic rings. The van der Waals surface area contributed by atoms with E-state index in [0.717, 1.165) is 0 Å². The number of hydrogen-bond acceptors (Lipinski definition) is 5. The molecule has 0 aliphatic carbocycles. The maximum atomic E-state index is 14.7. The summed E-state index contributed by atoms with van der Waals surface area (Å²) in [5, 5.41) is 10.9. The number of hydrogen-bond donors (Lipinski definition) is 1. The van der Waals surface area contributed by atoms with Gasteiger partial charge in [-0.05, 0) is 43.0 Å². The minimum atomic E-state index is -1.22. The molecule has 3 saturated heterocycles. The number of aliphatic hydroxyl groups is 1. The number of ether oxygens (including phenoxy) is 1. The summed E-state index contributed by atoms with van der Waals surface area (Å²) in [5.74, 6) is -2.78. The number of rotatable bonds is 11. The van der Waals surface area contributed by atoms with Crippen LogP contribution >= 0.6 is 11.6 Å². The van der Waals surface area contributed by atoms with Crippen LogP contribution in [-0.2, 0) is 19.1 Å². The lowest BCUT2D eigenvalue weighted by Crippen LogP contribution is -2.59. The fourth-order valence-corrected chi connectivity index (χ4v) is 7.36. The SMILES string of the molecule is C=CCN(C(=O)[C@@H]1[C@H]2C(=O)N([C@@H](CO)C(C)C)C(C(=O)N(CC=C)c3ccccc3Cl)C23CC[C@H]1O3)c1ccccc1. The van der Waals surface area contributed by atoms with Crippen LogP contribution in [0.1, 0.15) is 26.7 Å². The second kappa shape index (κ2) is 12.0. The maximum absolute atomic E-state index is 14.7. The Kier molecular flexibility index (Phi) is 8.60. The van der Waals surface area contributed by atoms with E-state index in [-0.39, 0.29) is 43.3 Å². The lowest BCUT2D eigenvalue weighted by atomic mass is 9.70. The van der Waals surface area contributed by atoms with Gasteiger partial charge < -0.3 is 24.5 Å². The molecule has 1 N–H and O–H groups in total. The fourth-order valence-electron chi connectivity index (χ4n) is 7.12. The largest absolute Gasteiger partial charge is 0.394 e. The van der Waals surface area contributed by atoms with Gasteiger partial charge in [-0.2, -0.15) is 0 Å². The summed E-state index contributed by atoms with van der Waals surface area (Å²) in [4.78, 5) is 48.2. The number of nitrogens with zero attached hydrogens (tertiary/aromatic N) is 3. The maximum Gasteiger partial charge on any atom is 0.253 e. The molecule has 2 aromatic carbocycles. The highest BCUT2D eigenvalue weighted by Crippen LogP contribution is 2.59. The van der Waals surface area contributed by atoms with E-state index in [9.17, 15) is 19.5 Å². The van der Waals surface area contributed by atoms with Crippen LogP contribution in [0.2, 0.25) is 5.02 Å². The number of carbonyl (C=O) groups is 3. The van der Waals surface area contributed by atoms with Crippen molar-refractivity contribution in [2.45, 2.75) is 50.5 Å². The van der Waals surface area contributed by atoms with Crippen LogP contribution in [0.15, 0.2) is 79.9 Å². The highest BCUT2D eigenvalue weighted by molar-refractivity contribution is 6.34. The molecule has 2 aromatic rings. The molecule has 3 heterocycles. The molecule has 2 unspecified atom stereocenters. The van der Waals surface area contributed by atoms with Gasteiger partial charge >= 0.3 is 0 Å². The van der Waals surface area contributed by atoms with Crippen molar-refractivity contribution in [1.82, 2.24) is 4.90 Å². The standard InChI is InChI=1S/C33H38ClN3O5/c1-5-18-35(22-12-8-7-9-13-22)30(39)27-26-16-17-33(42-26)28(27)31(40)37(25(20-38)21(3)4)29(33)32(41)36(19-6-2)24-15-11-10-14-23(24)34/h5-15,21,25-29,38H,1-2,16-20H2,3-4H3/t25-,26+,27-,28-,29?,33?/m0/s1. The molecule has 5 rings (SSSR count). The number of benzene rings is 2. The number of carbonyl (C=O) groups excluding carboxylic acids is 3. The molecule has 6 atom stereocenters. The van der Waals surface area contributed by atoms with Gasteiger partial charge in [-0.25, -0.2) is 0 Å². The normalized spacial score (nSPS) is 26.7. The Morgan fingerprint density at radius 3 is 2.33 bits per heavy atom. The first-order chi connectivity index (χ1) is 20.2. The molecular formula is C33H38ClN3O5. The van der Waals surface area contributed by atoms with E-state index >= 15 is 0 Å². The van der Waals surface area contributed by atoms with Gasteiger partial charge in [-0.15, -0.1) is 13.2 Å². The lowest BCUT2D eigenvalue weighted by molar-refractivity contribution is -0.145. The zero-order chi connectivity index (χ0) is 30.2. The molecule has 222 valence electrons. The third-order valence-electron chi connectivity index (χ3n) is 8.94. The van der Waals surface area contributed by atoms with Crippen molar-refractivity contribution in [2.24, 2.45) is 17.8 Å². The molecular weight excluding hydrogens is 554 g/mol. The summed E-state index contributed by atoms with van der Waals surface area (Å²) in [6.07, 6.45) is 3.72. The highest BCUT2D eigenvalue weighted by Gasteiger charge is 2.75. The van der Waals surface area contributed by atoms with Crippen LogP contribution in [0, 0.1) is 17.8 Å². The third-order valence-corrected chi connectivity index (χ3v) is 9.26. The van der Waals surface area contributed by atoms with Crippen molar-refractivity contribution >= 4 is 40.7 Å². The summed E-state index contributed by atoms with van der Waals surface area (Å²) in [7, 11) is 0. The molecule has 2 bridgehead atoms. The van der Waals surface area contributed by atoms with Crippen molar-refractivity contribution in [3.8, 4) is 0 Å². The summed E-state index contributed by atoms with van der Waals surface area (Å²) < 4.78 is 6.66. The first-order valence-electron chi connectivity index (χ1n) is 14.5. The quantitative estimate of drug-likeness (QED) is 0.390. The van der Waals surface area contributed by atoms with Crippen molar-refractivity contribution in [2.75, 3.05) is 29.5 Å². The molecule has 0 radical (unpaired) electrons. The molecule has 8 nitrogen and oxygen atoms in total. The number of halogens is 1. The Bertz CT molecular complexity index is 1370. The molecule has 0 saturated carbocycles. The van der Waals surface area contributed by atoms with Gasteiger partial charge in [0.15, 0.2) is 0 Å². The van der Waals surface area contributed by atoms with Crippen LogP contribution in [0.3, 0.4) is 0 Å². The Morgan fingerprint density at radius 2 is 1.71 bits per heavy atom. The van der Waals surface area contributed by atoms with E-state index in [0.29, 0.717) is 29.2 Å². The molecule has 3 amide bonds. The van der Waals surface area contributed by atoms with Crippen LogP contribution < -0.4 is 9.80 Å². The van der Waals surface area contributed by atoms with Crippen LogP contribution in [-0.4, -0.2) is 71.2 Å². The average molecular weight is 592 g/mol. The van der Waals surface area contributed by atoms with Crippen LogP contribution in [0.5, 0.6) is 0 Å². The minimum absolute atomic E-state index is 0.153. The highest BCUT2D eigenvalue weighted by atomic mass is 35.5. The third kappa shape index (κ3) is 4.75. The predicted molar refractivity (Wildman–Crippen MR) is 163 cm³/mol. The monoisotopic (exact) mass is 591 g/mol. The van der Waals surface area contributed by atoms with Gasteiger partial charge in [-0.1, -0.05) is 67.9 Å². The number of anilines is 2. The summed E-state index contributed by atoms with van der Waals surface area (Å²) in [6.45, 7) is 11.6. The second-order valence-corrected chi connectivity index (χ2v) is 12.0. The Hall–Kier alpha value is -3.46. The molecule has 3 aliphatic heterocycles. The Balaban J connectivity index is 1.62. The molecule has 3 fully saturated rings. The number of para-hydroxylation sites is 2. The number of amides is 3. The van der Waals surface area contributed by atoms with E-state index in [2.05, 4.69) is 13.2 Å². The topological polar surface area (TPSA) is 90.4 Å². The number of aliphatic hydroxyl groups excluding tert-OH is 1. The minimum Gasteiger partial charge on any atom is -0.394 e. The average Bonchev–Trinajstić information content (AvgIpc) is 3.63. The van der Waals surface area contributed by atoms with E-state index in [1.54, 1.807) is 41.3 Å². The Labute approximate surface area is 252 Å². The molecule has 0 aromatic heterocycles. The van der Waals surface area contributed by atoms with Crippen molar-refractivity contribution in [1.29, 1.82) is 0 Å². The van der Waals surface area contributed by atoms with Gasteiger partial charge in [0.25, 0.3) is 5.91 Å². The van der Waals surface area contributed by atoms with E-state index < -0.39 is 35.6 Å². The first-order valence-corrected chi connectivity index (χ1v) is 14.8. The molecule has 1 spiro atoms. The summed E-state index contributed by atoms with van der Waals surface area (Å²) >= 11 is 6.55. The van der Waals surface area contributed by atoms with Crippen molar-refractivity contribution < 1.29 is 24.2 Å². The smallest absolute Gasteiger partial charge is 0.253 e. The van der Waals surface area contributed by atoms with Gasteiger partial charge in [0.1, 0.15) is 11.6 Å². The van der Waals surface area contributed by atoms with Crippen LogP contribution in [0.25, 0.3) is 0 Å². The predicted octanol–water partition coefficient (Wildman–Crippen LogP) is 4.47. The van der Waals surface area contributed by atoms with Gasteiger partial charge in [0, 0.05) is 18.8 Å². The second-order valence-electron chi connectivity index (χ2n) is 11.6. The van der Waals surface area contributed by atoms with Crippen molar-refractivity contribution in [3.05, 3.63) is 84.9 Å². The summed E-state index contributed by atoms with van der Waals surface area (Å²) in [5.41, 5.74) is -0.0400. The van der Waals surface area contributed by atoms with Crippen molar-refractivity contribution in [3.63, 3.8) is 0 Å². The summed E-state index contributed by atoms with van der Waals surface area (Å²) in [6, 6.07) is 14.6. The zero-order valence-corrected chi connectivity index (χ0v) is 24.8. The van der Waals surface area contributed by atoms with E-state index in [4.69, 9.17) is 16.3 Å².